The molecule has 0 N–H and O–H groups in total. The molecule has 2 saturated heterocycles. The lowest BCUT2D eigenvalue weighted by molar-refractivity contribution is -0.138. The molecule has 3 fully saturated rings. The molecule has 2 atom stereocenters. The number of rotatable bonds is 4. The van der Waals surface area contributed by atoms with Crippen molar-refractivity contribution < 1.29 is 9.59 Å². The van der Waals surface area contributed by atoms with E-state index in [0.717, 1.165) is 11.3 Å². The van der Waals surface area contributed by atoms with Gasteiger partial charge in [-0.2, -0.15) is 0 Å². The fraction of sp³-hybridized carbons (Fsp3) is 0.517. The van der Waals surface area contributed by atoms with E-state index >= 15 is 0 Å². The molecule has 2 unspecified atom stereocenters. The molecule has 0 radical (unpaired) electrons. The van der Waals surface area contributed by atoms with Crippen molar-refractivity contribution in [1.29, 1.82) is 0 Å². The first-order valence-corrected chi connectivity index (χ1v) is 14.3. The summed E-state index contributed by atoms with van der Waals surface area (Å²) in [6, 6.07) is 20.6. The van der Waals surface area contributed by atoms with Gasteiger partial charge < -0.3 is 9.80 Å². The summed E-state index contributed by atoms with van der Waals surface area (Å²) >= 11 is 1.93. The lowest BCUT2D eigenvalue weighted by Gasteiger charge is -2.41. The van der Waals surface area contributed by atoms with Crippen LogP contribution in [0, 0.1) is 0 Å². The fourth-order valence-electron chi connectivity index (χ4n) is 5.89. The summed E-state index contributed by atoms with van der Waals surface area (Å²) in [5, 5.41) is 0.246. The highest BCUT2D eigenvalue weighted by atomic mass is 32.2. The Hall–Kier alpha value is -2.31. The zero-order chi connectivity index (χ0) is 24.0. The SMILES string of the molecule is O=C(c1ccccc1)N1CCN(C(=O)C2CSC(c3ccccc3)N2C2CCCCCCC2)CC1. The van der Waals surface area contributed by atoms with Crippen molar-refractivity contribution in [3.05, 3.63) is 71.8 Å². The average molecular weight is 492 g/mol. The third-order valence-corrected chi connectivity index (χ3v) is 9.15. The number of carbonyl (C=O) groups is 2. The second-order valence-corrected chi connectivity index (χ2v) is 11.2. The topological polar surface area (TPSA) is 43.9 Å². The number of benzene rings is 2. The monoisotopic (exact) mass is 491 g/mol. The molecule has 0 spiro atoms. The summed E-state index contributed by atoms with van der Waals surface area (Å²) in [5.41, 5.74) is 2.04. The standard InChI is InChI=1S/C29H37N3O2S/c33-27(23-12-6-4-7-13-23)30-18-20-31(21-19-30)28(34)26-22-35-29(24-14-8-5-9-15-24)32(26)25-16-10-2-1-3-11-17-25/h4-9,12-15,25-26,29H,1-3,10-11,16-22H2. The number of hydrogen-bond acceptors (Lipinski definition) is 4. The summed E-state index contributed by atoms with van der Waals surface area (Å²) in [6.07, 6.45) is 8.86. The number of amides is 2. The Kier molecular flexibility index (Phi) is 8.09. The van der Waals surface area contributed by atoms with Crippen molar-refractivity contribution in [2.24, 2.45) is 0 Å². The molecule has 1 saturated carbocycles. The molecule has 0 aromatic heterocycles. The molecule has 2 heterocycles. The number of nitrogens with zero attached hydrogens (tertiary/aromatic N) is 3. The molecule has 5 rings (SSSR count). The molecule has 5 nitrogen and oxygen atoms in total. The van der Waals surface area contributed by atoms with Crippen molar-refractivity contribution in [3.63, 3.8) is 0 Å². The molecule has 0 bridgehead atoms. The van der Waals surface area contributed by atoms with E-state index in [-0.39, 0.29) is 23.2 Å². The average Bonchev–Trinajstić information content (AvgIpc) is 3.34. The second-order valence-electron chi connectivity index (χ2n) is 10.0. The molecule has 35 heavy (non-hydrogen) atoms. The van der Waals surface area contributed by atoms with E-state index < -0.39 is 0 Å². The molecule has 2 aliphatic heterocycles. The van der Waals surface area contributed by atoms with Crippen LogP contribution in [0.1, 0.15) is 66.2 Å². The highest BCUT2D eigenvalue weighted by molar-refractivity contribution is 7.99. The molecule has 6 heteroatoms. The largest absolute Gasteiger partial charge is 0.338 e. The van der Waals surface area contributed by atoms with Gasteiger partial charge in [-0.05, 0) is 30.5 Å². The zero-order valence-electron chi connectivity index (χ0n) is 20.6. The third kappa shape index (κ3) is 5.59. The van der Waals surface area contributed by atoms with E-state index in [9.17, 15) is 9.59 Å². The van der Waals surface area contributed by atoms with Crippen LogP contribution >= 0.6 is 11.8 Å². The number of piperazine rings is 1. The minimum atomic E-state index is -0.0778. The van der Waals surface area contributed by atoms with Crippen LogP contribution in [0.2, 0.25) is 0 Å². The molecule has 2 aromatic rings. The van der Waals surface area contributed by atoms with E-state index in [1.54, 1.807) is 0 Å². The first-order chi connectivity index (χ1) is 17.2. The van der Waals surface area contributed by atoms with Crippen LogP contribution in [0.3, 0.4) is 0 Å². The maximum Gasteiger partial charge on any atom is 0.253 e. The Morgan fingerprint density at radius 2 is 1.29 bits per heavy atom. The molecular formula is C29H37N3O2S. The van der Waals surface area contributed by atoms with Crippen molar-refractivity contribution in [2.45, 2.75) is 62.4 Å². The van der Waals surface area contributed by atoms with E-state index in [1.165, 1.54) is 50.5 Å². The maximum atomic E-state index is 13.9. The van der Waals surface area contributed by atoms with Gasteiger partial charge in [-0.25, -0.2) is 0 Å². The Morgan fingerprint density at radius 1 is 0.714 bits per heavy atom. The van der Waals surface area contributed by atoms with Crippen molar-refractivity contribution >= 4 is 23.6 Å². The first-order valence-electron chi connectivity index (χ1n) is 13.3. The maximum absolute atomic E-state index is 13.9. The summed E-state index contributed by atoms with van der Waals surface area (Å²) < 4.78 is 0. The van der Waals surface area contributed by atoms with Gasteiger partial charge in [0.05, 0.1) is 11.4 Å². The number of thioether (sulfide) groups is 1. The minimum Gasteiger partial charge on any atom is -0.338 e. The van der Waals surface area contributed by atoms with Gasteiger partial charge in [-0.1, -0.05) is 80.6 Å². The van der Waals surface area contributed by atoms with Gasteiger partial charge in [0.2, 0.25) is 5.91 Å². The predicted molar refractivity (Wildman–Crippen MR) is 142 cm³/mol. The smallest absolute Gasteiger partial charge is 0.253 e. The van der Waals surface area contributed by atoms with Gasteiger partial charge >= 0.3 is 0 Å². The van der Waals surface area contributed by atoms with E-state index in [1.807, 2.05) is 51.9 Å². The Balaban J connectivity index is 1.29. The van der Waals surface area contributed by atoms with Crippen LogP contribution < -0.4 is 0 Å². The molecule has 2 aromatic carbocycles. The predicted octanol–water partition coefficient (Wildman–Crippen LogP) is 5.20. The molecule has 3 aliphatic rings. The molecule has 2 amide bonds. The van der Waals surface area contributed by atoms with Crippen LogP contribution in [0.4, 0.5) is 0 Å². The van der Waals surface area contributed by atoms with Crippen LogP contribution in [-0.2, 0) is 4.79 Å². The summed E-state index contributed by atoms with van der Waals surface area (Å²) in [4.78, 5) is 33.2. The molecule has 186 valence electrons. The summed E-state index contributed by atoms with van der Waals surface area (Å²) in [7, 11) is 0. The normalized spacial score (nSPS) is 24.7. The van der Waals surface area contributed by atoms with Gasteiger partial charge in [0.15, 0.2) is 0 Å². The highest BCUT2D eigenvalue weighted by Crippen LogP contribution is 2.45. The van der Waals surface area contributed by atoms with E-state index in [2.05, 4.69) is 35.2 Å². The number of carbonyl (C=O) groups excluding carboxylic acids is 2. The van der Waals surface area contributed by atoms with E-state index in [0.29, 0.717) is 32.2 Å². The van der Waals surface area contributed by atoms with Gasteiger partial charge in [0.1, 0.15) is 0 Å². The molecule has 1 aliphatic carbocycles. The Bertz CT molecular complexity index is 970. The second kappa shape index (κ2) is 11.6. The zero-order valence-corrected chi connectivity index (χ0v) is 21.4. The van der Waals surface area contributed by atoms with Gasteiger partial charge in [0, 0.05) is 43.5 Å². The van der Waals surface area contributed by atoms with E-state index in [4.69, 9.17) is 0 Å². The lowest BCUT2D eigenvalue weighted by Crippen LogP contribution is -2.56. The van der Waals surface area contributed by atoms with Crippen LogP contribution in [0.15, 0.2) is 60.7 Å². The van der Waals surface area contributed by atoms with Crippen molar-refractivity contribution in [1.82, 2.24) is 14.7 Å². The fourth-order valence-corrected chi connectivity index (χ4v) is 7.41. The highest BCUT2D eigenvalue weighted by Gasteiger charge is 2.44. The van der Waals surface area contributed by atoms with Crippen LogP contribution in [0.25, 0.3) is 0 Å². The summed E-state index contributed by atoms with van der Waals surface area (Å²) in [6.45, 7) is 2.44. The van der Waals surface area contributed by atoms with Crippen molar-refractivity contribution in [3.8, 4) is 0 Å². The van der Waals surface area contributed by atoms with Crippen LogP contribution in [-0.4, -0.2) is 70.5 Å². The first kappa shape index (κ1) is 24.4. The third-order valence-electron chi connectivity index (χ3n) is 7.81. The van der Waals surface area contributed by atoms with Gasteiger partial charge in [0.25, 0.3) is 5.91 Å². The Labute approximate surface area is 213 Å². The minimum absolute atomic E-state index is 0.0643. The summed E-state index contributed by atoms with van der Waals surface area (Å²) in [5.74, 6) is 1.16. The van der Waals surface area contributed by atoms with Gasteiger partial charge in [-0.3, -0.25) is 14.5 Å². The van der Waals surface area contributed by atoms with Gasteiger partial charge in [-0.15, -0.1) is 11.8 Å². The number of hydrogen-bond donors (Lipinski definition) is 0. The Morgan fingerprint density at radius 3 is 1.94 bits per heavy atom. The quantitative estimate of drug-likeness (QED) is 0.590. The van der Waals surface area contributed by atoms with Crippen LogP contribution in [0.5, 0.6) is 0 Å². The van der Waals surface area contributed by atoms with Crippen molar-refractivity contribution in [2.75, 3.05) is 31.9 Å². The molecular weight excluding hydrogens is 454 g/mol. The lowest BCUT2D eigenvalue weighted by atomic mass is 9.94.